The van der Waals surface area contributed by atoms with Crippen LogP contribution in [0.1, 0.15) is 52.9 Å². The van der Waals surface area contributed by atoms with E-state index in [0.717, 1.165) is 6.54 Å². The number of ether oxygens (including phenoxy) is 1. The van der Waals surface area contributed by atoms with Crippen LogP contribution in [0.25, 0.3) is 0 Å². The van der Waals surface area contributed by atoms with Crippen molar-refractivity contribution in [2.24, 2.45) is 5.92 Å². The second-order valence-electron chi connectivity index (χ2n) is 6.60. The highest BCUT2D eigenvalue weighted by Gasteiger charge is 2.20. The highest BCUT2D eigenvalue weighted by molar-refractivity contribution is 5.77. The van der Waals surface area contributed by atoms with Crippen LogP contribution in [-0.4, -0.2) is 42.6 Å². The van der Waals surface area contributed by atoms with Crippen molar-refractivity contribution in [3.8, 4) is 0 Å². The number of carbonyl (C=O) groups is 2. The van der Waals surface area contributed by atoms with E-state index in [9.17, 15) is 9.59 Å². The molecule has 1 N–H and O–H groups in total. The minimum Gasteiger partial charge on any atom is -0.444 e. The summed E-state index contributed by atoms with van der Waals surface area (Å²) in [7, 11) is 1.84. The lowest BCUT2D eigenvalue weighted by Crippen LogP contribution is -2.36. The number of amides is 2. The molecule has 5 heteroatoms. The van der Waals surface area contributed by atoms with Gasteiger partial charge in [-0.2, -0.15) is 0 Å². The van der Waals surface area contributed by atoms with E-state index in [-0.39, 0.29) is 5.91 Å². The third-order valence-electron chi connectivity index (χ3n) is 3.44. The molecule has 1 saturated carbocycles. The van der Waals surface area contributed by atoms with E-state index in [1.807, 2.05) is 27.8 Å². The van der Waals surface area contributed by atoms with Crippen LogP contribution in [0.2, 0.25) is 0 Å². The van der Waals surface area contributed by atoms with Gasteiger partial charge in [0, 0.05) is 26.6 Å². The average molecular weight is 284 g/mol. The van der Waals surface area contributed by atoms with E-state index in [2.05, 4.69) is 5.32 Å². The first kappa shape index (κ1) is 16.8. The van der Waals surface area contributed by atoms with Crippen molar-refractivity contribution in [3.05, 3.63) is 0 Å². The molecule has 0 atom stereocenters. The number of alkyl carbamates (subject to hydrolysis) is 1. The summed E-state index contributed by atoms with van der Waals surface area (Å²) in [6.07, 6.45) is 4.88. The van der Waals surface area contributed by atoms with Crippen LogP contribution in [0.5, 0.6) is 0 Å². The van der Waals surface area contributed by atoms with E-state index in [4.69, 9.17) is 4.74 Å². The van der Waals surface area contributed by atoms with Crippen molar-refractivity contribution in [1.82, 2.24) is 10.2 Å². The molecule has 0 aliphatic heterocycles. The van der Waals surface area contributed by atoms with Gasteiger partial charge in [-0.1, -0.05) is 12.8 Å². The summed E-state index contributed by atoms with van der Waals surface area (Å²) >= 11 is 0. The number of hydrogen-bond donors (Lipinski definition) is 1. The Morgan fingerprint density at radius 1 is 1.25 bits per heavy atom. The Kier molecular flexibility index (Phi) is 6.30. The summed E-state index contributed by atoms with van der Waals surface area (Å²) in [6, 6.07) is 0. The molecular weight excluding hydrogens is 256 g/mol. The van der Waals surface area contributed by atoms with Gasteiger partial charge < -0.3 is 15.0 Å². The molecule has 5 nitrogen and oxygen atoms in total. The first-order valence-corrected chi connectivity index (χ1v) is 7.49. The van der Waals surface area contributed by atoms with Crippen LogP contribution in [-0.2, 0) is 9.53 Å². The highest BCUT2D eigenvalue weighted by Crippen LogP contribution is 2.25. The molecule has 116 valence electrons. The number of rotatable bonds is 5. The molecule has 1 aliphatic carbocycles. The Balaban J connectivity index is 2.17. The molecule has 0 aromatic heterocycles. The molecule has 0 aromatic carbocycles. The highest BCUT2D eigenvalue weighted by atomic mass is 16.6. The number of hydrogen-bond acceptors (Lipinski definition) is 3. The fourth-order valence-electron chi connectivity index (χ4n) is 2.46. The molecule has 0 saturated heterocycles. The lowest BCUT2D eigenvalue weighted by Gasteiger charge is -2.22. The maximum Gasteiger partial charge on any atom is 0.407 e. The van der Waals surface area contributed by atoms with Gasteiger partial charge in [-0.15, -0.1) is 0 Å². The van der Waals surface area contributed by atoms with Gasteiger partial charge in [-0.05, 0) is 39.5 Å². The second kappa shape index (κ2) is 7.50. The zero-order valence-electron chi connectivity index (χ0n) is 13.2. The van der Waals surface area contributed by atoms with Crippen molar-refractivity contribution in [1.29, 1.82) is 0 Å². The largest absolute Gasteiger partial charge is 0.444 e. The van der Waals surface area contributed by atoms with Crippen LogP contribution in [0.3, 0.4) is 0 Å². The molecule has 1 rings (SSSR count). The van der Waals surface area contributed by atoms with Crippen molar-refractivity contribution in [2.45, 2.75) is 58.5 Å². The molecule has 0 spiro atoms. The van der Waals surface area contributed by atoms with Crippen molar-refractivity contribution < 1.29 is 14.3 Å². The fraction of sp³-hybridized carbons (Fsp3) is 0.867. The fourth-order valence-corrected chi connectivity index (χ4v) is 2.46. The Hall–Kier alpha value is -1.26. The van der Waals surface area contributed by atoms with Gasteiger partial charge >= 0.3 is 6.09 Å². The number of carbonyl (C=O) groups excluding carboxylic acids is 2. The maximum atomic E-state index is 11.9. The van der Waals surface area contributed by atoms with Crippen molar-refractivity contribution in [2.75, 3.05) is 20.1 Å². The van der Waals surface area contributed by atoms with Gasteiger partial charge in [0.2, 0.25) is 5.91 Å². The lowest BCUT2D eigenvalue weighted by molar-refractivity contribution is -0.130. The first-order valence-electron chi connectivity index (χ1n) is 7.49. The van der Waals surface area contributed by atoms with Crippen molar-refractivity contribution >= 4 is 12.0 Å². The monoisotopic (exact) mass is 284 g/mol. The van der Waals surface area contributed by atoms with Gasteiger partial charge in [-0.3, -0.25) is 4.79 Å². The van der Waals surface area contributed by atoms with E-state index in [1.165, 1.54) is 25.7 Å². The molecule has 0 radical (unpaired) electrons. The predicted molar refractivity (Wildman–Crippen MR) is 78.4 cm³/mol. The normalized spacial score (nSPS) is 16.0. The topological polar surface area (TPSA) is 58.6 Å². The Morgan fingerprint density at radius 2 is 1.85 bits per heavy atom. The van der Waals surface area contributed by atoms with Crippen LogP contribution in [0.15, 0.2) is 0 Å². The summed E-state index contributed by atoms with van der Waals surface area (Å²) < 4.78 is 5.11. The Bertz CT molecular complexity index is 331. The van der Waals surface area contributed by atoms with Crippen molar-refractivity contribution in [3.63, 3.8) is 0 Å². The van der Waals surface area contributed by atoms with Crippen LogP contribution in [0, 0.1) is 5.92 Å². The lowest BCUT2D eigenvalue weighted by atomic mass is 10.1. The Morgan fingerprint density at radius 3 is 2.40 bits per heavy atom. The summed E-state index contributed by atoms with van der Waals surface area (Å²) in [6.45, 7) is 6.60. The zero-order chi connectivity index (χ0) is 15.2. The minimum absolute atomic E-state index is 0.0768. The zero-order valence-corrected chi connectivity index (χ0v) is 13.2. The minimum atomic E-state index is -0.507. The molecule has 1 fully saturated rings. The van der Waals surface area contributed by atoms with E-state index >= 15 is 0 Å². The molecular formula is C15H28N2O3. The average Bonchev–Trinajstić information content (AvgIpc) is 2.79. The SMILES string of the molecule is CN(CC1CCCC1)C(=O)CCNC(=O)OC(C)(C)C. The van der Waals surface area contributed by atoms with Gasteiger partial charge in [0.1, 0.15) is 5.60 Å². The molecule has 20 heavy (non-hydrogen) atoms. The maximum absolute atomic E-state index is 11.9. The molecule has 0 bridgehead atoms. The third-order valence-corrected chi connectivity index (χ3v) is 3.44. The van der Waals surface area contributed by atoms with Gasteiger partial charge in [-0.25, -0.2) is 4.79 Å². The van der Waals surface area contributed by atoms with Gasteiger partial charge in [0.05, 0.1) is 0 Å². The number of nitrogens with zero attached hydrogens (tertiary/aromatic N) is 1. The molecule has 0 heterocycles. The van der Waals surface area contributed by atoms with E-state index < -0.39 is 11.7 Å². The van der Waals surface area contributed by atoms with Gasteiger partial charge in [0.25, 0.3) is 0 Å². The predicted octanol–water partition coefficient (Wildman–Crippen LogP) is 2.55. The standard InChI is InChI=1S/C15H28N2O3/c1-15(2,3)20-14(19)16-10-9-13(18)17(4)11-12-7-5-6-8-12/h12H,5-11H2,1-4H3,(H,16,19). The second-order valence-corrected chi connectivity index (χ2v) is 6.60. The summed E-state index contributed by atoms with van der Waals surface area (Å²) in [5.74, 6) is 0.732. The van der Waals surface area contributed by atoms with Gasteiger partial charge in [0.15, 0.2) is 0 Å². The summed E-state index contributed by atoms with van der Waals surface area (Å²) in [5, 5.41) is 2.61. The summed E-state index contributed by atoms with van der Waals surface area (Å²) in [4.78, 5) is 25.1. The van der Waals surface area contributed by atoms with Crippen LogP contribution < -0.4 is 5.32 Å². The summed E-state index contributed by atoms with van der Waals surface area (Å²) in [5.41, 5.74) is -0.507. The molecule has 1 aliphatic rings. The first-order chi connectivity index (χ1) is 9.28. The van der Waals surface area contributed by atoms with E-state index in [1.54, 1.807) is 4.90 Å². The molecule has 0 unspecified atom stereocenters. The Labute approximate surface area is 122 Å². The number of nitrogens with one attached hydrogen (secondary N) is 1. The quantitative estimate of drug-likeness (QED) is 0.844. The smallest absolute Gasteiger partial charge is 0.407 e. The molecule has 2 amide bonds. The van der Waals surface area contributed by atoms with Crippen LogP contribution >= 0.6 is 0 Å². The van der Waals surface area contributed by atoms with E-state index in [0.29, 0.717) is 18.9 Å². The van der Waals surface area contributed by atoms with Crippen LogP contribution in [0.4, 0.5) is 4.79 Å². The third kappa shape index (κ3) is 6.78. The molecule has 0 aromatic rings.